The van der Waals surface area contributed by atoms with Crippen LogP contribution in [0.15, 0.2) is 54.6 Å². The Bertz CT molecular complexity index is 849. The van der Waals surface area contributed by atoms with Crippen LogP contribution in [0.2, 0.25) is 0 Å². The van der Waals surface area contributed by atoms with Gasteiger partial charge in [0, 0.05) is 18.5 Å². The number of aliphatic carboxylic acids is 1. The number of amides is 2. The molecular weight excluding hydrogens is 356 g/mol. The molecule has 2 aromatic rings. The third kappa shape index (κ3) is 4.57. The molecule has 3 rings (SSSR count). The van der Waals surface area contributed by atoms with Crippen molar-refractivity contribution in [1.29, 1.82) is 0 Å². The minimum absolute atomic E-state index is 0.306. The summed E-state index contributed by atoms with van der Waals surface area (Å²) in [6.45, 7) is 2.37. The lowest BCUT2D eigenvalue weighted by molar-refractivity contribution is -0.148. The Labute approximate surface area is 164 Å². The van der Waals surface area contributed by atoms with Gasteiger partial charge in [0.15, 0.2) is 0 Å². The van der Waals surface area contributed by atoms with Crippen molar-refractivity contribution >= 4 is 17.8 Å². The molecule has 1 saturated heterocycles. The normalized spacial score (nSPS) is 17.2. The van der Waals surface area contributed by atoms with Gasteiger partial charge in [0.2, 0.25) is 5.91 Å². The lowest BCUT2D eigenvalue weighted by Crippen LogP contribution is -2.52. The molecule has 2 aromatic carbocycles. The predicted octanol–water partition coefficient (Wildman–Crippen LogP) is 2.41. The highest BCUT2D eigenvalue weighted by molar-refractivity contribution is 5.98. The highest BCUT2D eigenvalue weighted by atomic mass is 16.4. The highest BCUT2D eigenvalue weighted by Gasteiger charge is 2.37. The second-order valence-electron chi connectivity index (χ2n) is 7.11. The molecule has 1 aliphatic heterocycles. The summed E-state index contributed by atoms with van der Waals surface area (Å²) >= 11 is 0. The van der Waals surface area contributed by atoms with Crippen molar-refractivity contribution in [3.05, 3.63) is 71.3 Å². The van der Waals surface area contributed by atoms with Gasteiger partial charge < -0.3 is 15.3 Å². The van der Waals surface area contributed by atoms with Crippen molar-refractivity contribution in [3.8, 4) is 0 Å². The van der Waals surface area contributed by atoms with Crippen molar-refractivity contribution < 1.29 is 19.5 Å². The van der Waals surface area contributed by atoms with Gasteiger partial charge in [-0.2, -0.15) is 0 Å². The van der Waals surface area contributed by atoms with E-state index in [-0.39, 0.29) is 11.8 Å². The van der Waals surface area contributed by atoms with E-state index in [4.69, 9.17) is 0 Å². The number of carbonyl (C=O) groups is 3. The van der Waals surface area contributed by atoms with Crippen LogP contribution in [0, 0.1) is 6.92 Å². The molecular formula is C22H24N2O4. The molecule has 1 aliphatic rings. The van der Waals surface area contributed by atoms with Crippen LogP contribution in [0.5, 0.6) is 0 Å². The Morgan fingerprint density at radius 2 is 1.79 bits per heavy atom. The van der Waals surface area contributed by atoms with Gasteiger partial charge in [-0.05, 0) is 37.5 Å². The number of nitrogens with zero attached hydrogens (tertiary/aromatic N) is 1. The summed E-state index contributed by atoms with van der Waals surface area (Å²) in [4.78, 5) is 38.7. The number of hydrogen-bond acceptors (Lipinski definition) is 3. The van der Waals surface area contributed by atoms with Crippen LogP contribution in [-0.4, -0.2) is 46.4 Å². The molecule has 0 saturated carbocycles. The van der Waals surface area contributed by atoms with Crippen molar-refractivity contribution in [1.82, 2.24) is 10.2 Å². The van der Waals surface area contributed by atoms with E-state index in [9.17, 15) is 19.5 Å². The number of carboxylic acid groups (broad SMARTS) is 1. The maximum absolute atomic E-state index is 13.1. The molecule has 28 heavy (non-hydrogen) atoms. The van der Waals surface area contributed by atoms with E-state index in [2.05, 4.69) is 5.32 Å². The molecule has 6 nitrogen and oxygen atoms in total. The van der Waals surface area contributed by atoms with Crippen LogP contribution in [0.4, 0.5) is 0 Å². The van der Waals surface area contributed by atoms with E-state index >= 15 is 0 Å². The first-order valence-corrected chi connectivity index (χ1v) is 9.40. The van der Waals surface area contributed by atoms with Crippen molar-refractivity contribution in [2.24, 2.45) is 0 Å². The van der Waals surface area contributed by atoms with Crippen molar-refractivity contribution in [2.45, 2.75) is 38.3 Å². The van der Waals surface area contributed by atoms with Crippen LogP contribution in [-0.2, 0) is 16.0 Å². The van der Waals surface area contributed by atoms with E-state index in [1.807, 2.05) is 37.3 Å². The number of nitrogens with one attached hydrogen (secondary N) is 1. The van der Waals surface area contributed by atoms with Gasteiger partial charge in [0.05, 0.1) is 0 Å². The average Bonchev–Trinajstić information content (AvgIpc) is 3.19. The fourth-order valence-corrected chi connectivity index (χ4v) is 3.48. The smallest absolute Gasteiger partial charge is 0.326 e. The molecule has 1 fully saturated rings. The molecule has 6 heteroatoms. The van der Waals surface area contributed by atoms with Gasteiger partial charge in [-0.25, -0.2) is 4.79 Å². The predicted molar refractivity (Wildman–Crippen MR) is 105 cm³/mol. The average molecular weight is 380 g/mol. The summed E-state index contributed by atoms with van der Waals surface area (Å²) in [5, 5.41) is 12.2. The van der Waals surface area contributed by atoms with Gasteiger partial charge in [0.25, 0.3) is 5.91 Å². The zero-order valence-electron chi connectivity index (χ0n) is 15.8. The van der Waals surface area contributed by atoms with Crippen LogP contribution in [0.25, 0.3) is 0 Å². The van der Waals surface area contributed by atoms with Crippen LogP contribution in [0.1, 0.15) is 34.3 Å². The van der Waals surface area contributed by atoms with E-state index < -0.39 is 18.1 Å². The maximum atomic E-state index is 13.1. The van der Waals surface area contributed by atoms with Gasteiger partial charge in [-0.15, -0.1) is 0 Å². The molecule has 2 N–H and O–H groups in total. The standard InChI is InChI=1S/C22H24N2O4/c1-15-9-11-16(12-10-15)14-18(23-20(25)17-6-3-2-4-7-17)21(26)24-13-5-8-19(24)22(27)28/h2-4,6-7,9-12,18-19H,5,8,13-14H2,1H3,(H,23,25)(H,27,28)/t18-,19-/m1/s1. The SMILES string of the molecule is Cc1ccc(C[C@@H](NC(=O)c2ccccc2)C(=O)N2CCC[C@@H]2C(=O)O)cc1. The Hall–Kier alpha value is -3.15. The second-order valence-corrected chi connectivity index (χ2v) is 7.11. The summed E-state index contributed by atoms with van der Waals surface area (Å²) in [6.07, 6.45) is 1.39. The Balaban J connectivity index is 1.82. The lowest BCUT2D eigenvalue weighted by atomic mass is 10.0. The molecule has 2 amide bonds. The van der Waals surface area contributed by atoms with Crippen LogP contribution >= 0.6 is 0 Å². The summed E-state index contributed by atoms with van der Waals surface area (Å²) in [5.74, 6) is -1.71. The van der Waals surface area contributed by atoms with E-state index in [0.29, 0.717) is 31.4 Å². The number of rotatable bonds is 6. The van der Waals surface area contributed by atoms with E-state index in [1.165, 1.54) is 4.90 Å². The molecule has 2 atom stereocenters. The largest absolute Gasteiger partial charge is 0.480 e. The monoisotopic (exact) mass is 380 g/mol. The molecule has 0 radical (unpaired) electrons. The zero-order chi connectivity index (χ0) is 20.1. The Morgan fingerprint density at radius 1 is 1.11 bits per heavy atom. The fourth-order valence-electron chi connectivity index (χ4n) is 3.48. The van der Waals surface area contributed by atoms with Crippen LogP contribution in [0.3, 0.4) is 0 Å². The molecule has 146 valence electrons. The number of carboxylic acids is 1. The van der Waals surface area contributed by atoms with E-state index in [1.54, 1.807) is 24.3 Å². The van der Waals surface area contributed by atoms with Gasteiger partial charge in [-0.1, -0.05) is 48.0 Å². The van der Waals surface area contributed by atoms with Crippen molar-refractivity contribution in [3.63, 3.8) is 0 Å². The summed E-state index contributed by atoms with van der Waals surface area (Å²) in [5.41, 5.74) is 2.47. The highest BCUT2D eigenvalue weighted by Crippen LogP contribution is 2.20. The molecule has 1 heterocycles. The number of carbonyl (C=O) groups excluding carboxylic acids is 2. The second kappa shape index (κ2) is 8.69. The van der Waals surface area contributed by atoms with E-state index in [0.717, 1.165) is 11.1 Å². The first-order chi connectivity index (χ1) is 13.5. The molecule has 0 unspecified atom stereocenters. The molecule has 0 aliphatic carbocycles. The van der Waals surface area contributed by atoms with Gasteiger partial charge in [-0.3, -0.25) is 9.59 Å². The van der Waals surface area contributed by atoms with Crippen molar-refractivity contribution in [2.75, 3.05) is 6.54 Å². The molecule has 0 bridgehead atoms. The van der Waals surface area contributed by atoms with Gasteiger partial charge >= 0.3 is 5.97 Å². The number of likely N-dealkylation sites (tertiary alicyclic amines) is 1. The fraction of sp³-hybridized carbons (Fsp3) is 0.318. The lowest BCUT2D eigenvalue weighted by Gasteiger charge is -2.27. The zero-order valence-corrected chi connectivity index (χ0v) is 15.8. The minimum atomic E-state index is -1.01. The molecule has 0 aromatic heterocycles. The summed E-state index contributed by atoms with van der Waals surface area (Å²) < 4.78 is 0. The van der Waals surface area contributed by atoms with Crippen LogP contribution < -0.4 is 5.32 Å². The Kier molecular flexibility index (Phi) is 6.09. The third-order valence-corrected chi connectivity index (χ3v) is 5.02. The minimum Gasteiger partial charge on any atom is -0.480 e. The maximum Gasteiger partial charge on any atom is 0.326 e. The topological polar surface area (TPSA) is 86.7 Å². The molecule has 0 spiro atoms. The quantitative estimate of drug-likeness (QED) is 0.806. The summed E-state index contributed by atoms with van der Waals surface area (Å²) in [6, 6.07) is 14.8. The number of benzene rings is 2. The number of aryl methyl sites for hydroxylation is 1. The first kappa shape index (κ1) is 19.6. The Morgan fingerprint density at radius 3 is 2.43 bits per heavy atom. The third-order valence-electron chi connectivity index (χ3n) is 5.02. The first-order valence-electron chi connectivity index (χ1n) is 9.40. The van der Waals surface area contributed by atoms with Gasteiger partial charge in [0.1, 0.15) is 12.1 Å². The number of hydrogen-bond donors (Lipinski definition) is 2. The summed E-state index contributed by atoms with van der Waals surface area (Å²) in [7, 11) is 0.